The predicted molar refractivity (Wildman–Crippen MR) is 106 cm³/mol. The van der Waals surface area contributed by atoms with Crippen LogP contribution in [0.3, 0.4) is 0 Å². The van der Waals surface area contributed by atoms with Gasteiger partial charge in [0, 0.05) is 31.2 Å². The van der Waals surface area contributed by atoms with Gasteiger partial charge < -0.3 is 10.2 Å². The summed E-state index contributed by atoms with van der Waals surface area (Å²) in [6, 6.07) is 11.7. The van der Waals surface area contributed by atoms with Crippen LogP contribution in [0.15, 0.2) is 55.1 Å². The van der Waals surface area contributed by atoms with Gasteiger partial charge in [-0.25, -0.2) is 19.9 Å². The maximum atomic E-state index is 12.5. The Kier molecular flexibility index (Phi) is 5.23. The Labute approximate surface area is 163 Å². The van der Waals surface area contributed by atoms with E-state index < -0.39 is 0 Å². The van der Waals surface area contributed by atoms with Gasteiger partial charge in [0.25, 0.3) is 5.91 Å². The first-order chi connectivity index (χ1) is 13.7. The molecule has 0 radical (unpaired) electrons. The van der Waals surface area contributed by atoms with Crippen molar-refractivity contribution in [2.75, 3.05) is 18.4 Å². The average Bonchev–Trinajstić information content (AvgIpc) is 2.74. The second-order valence-electron chi connectivity index (χ2n) is 6.92. The summed E-state index contributed by atoms with van der Waals surface area (Å²) in [5.74, 6) is 1.96. The van der Waals surface area contributed by atoms with Gasteiger partial charge in [-0.1, -0.05) is 6.07 Å². The molecule has 0 bridgehead atoms. The second kappa shape index (κ2) is 8.12. The minimum atomic E-state index is -0.0246. The second-order valence-corrected chi connectivity index (χ2v) is 6.92. The Hall–Kier alpha value is -3.35. The lowest BCUT2D eigenvalue weighted by molar-refractivity contribution is 0.0707. The molecule has 1 fully saturated rings. The third kappa shape index (κ3) is 4.14. The SMILES string of the molecule is Cc1cccc(Nc2cc(C3CCN(C(=O)c4ccncn4)CC3)ccn2)n1. The number of carbonyl (C=O) groups excluding carboxylic acids is 1. The van der Waals surface area contributed by atoms with Crippen LogP contribution < -0.4 is 5.32 Å². The molecule has 0 aliphatic carbocycles. The zero-order chi connectivity index (χ0) is 19.3. The summed E-state index contributed by atoms with van der Waals surface area (Å²) in [5.41, 5.74) is 2.65. The van der Waals surface area contributed by atoms with E-state index in [2.05, 4.69) is 37.4 Å². The molecule has 1 N–H and O–H groups in total. The number of nitrogens with zero attached hydrogens (tertiary/aromatic N) is 5. The topological polar surface area (TPSA) is 83.9 Å². The lowest BCUT2D eigenvalue weighted by Crippen LogP contribution is -2.38. The van der Waals surface area contributed by atoms with Crippen molar-refractivity contribution in [1.29, 1.82) is 0 Å². The third-order valence-corrected chi connectivity index (χ3v) is 4.98. The molecule has 0 atom stereocenters. The fourth-order valence-electron chi connectivity index (χ4n) is 3.51. The molecule has 4 heterocycles. The number of pyridine rings is 2. The summed E-state index contributed by atoms with van der Waals surface area (Å²) in [6.07, 6.45) is 6.67. The van der Waals surface area contributed by atoms with Crippen LogP contribution in [0.4, 0.5) is 11.6 Å². The highest BCUT2D eigenvalue weighted by atomic mass is 16.2. The fourth-order valence-corrected chi connectivity index (χ4v) is 3.51. The lowest BCUT2D eigenvalue weighted by Gasteiger charge is -2.32. The largest absolute Gasteiger partial charge is 0.337 e. The van der Waals surface area contributed by atoms with Gasteiger partial charge in [0.1, 0.15) is 23.7 Å². The molecular weight excluding hydrogens is 352 g/mol. The van der Waals surface area contributed by atoms with E-state index in [4.69, 9.17) is 0 Å². The van der Waals surface area contributed by atoms with E-state index in [1.807, 2.05) is 36.2 Å². The minimum absolute atomic E-state index is 0.0246. The van der Waals surface area contributed by atoms with E-state index in [1.165, 1.54) is 11.9 Å². The summed E-state index contributed by atoms with van der Waals surface area (Å²) in [6.45, 7) is 3.40. The molecule has 3 aromatic rings. The van der Waals surface area contributed by atoms with Crippen molar-refractivity contribution in [2.45, 2.75) is 25.7 Å². The zero-order valence-corrected chi connectivity index (χ0v) is 15.7. The molecule has 1 aliphatic heterocycles. The van der Waals surface area contributed by atoms with Crippen LogP contribution in [0.2, 0.25) is 0 Å². The summed E-state index contributed by atoms with van der Waals surface area (Å²) in [4.78, 5) is 31.2. The molecule has 0 saturated carbocycles. The first-order valence-electron chi connectivity index (χ1n) is 9.41. The highest BCUT2D eigenvalue weighted by Crippen LogP contribution is 2.29. The van der Waals surface area contributed by atoms with Crippen molar-refractivity contribution in [3.05, 3.63) is 72.1 Å². The van der Waals surface area contributed by atoms with Crippen LogP contribution in [0, 0.1) is 6.92 Å². The molecule has 4 rings (SSSR count). The Morgan fingerprint density at radius 1 is 1.07 bits per heavy atom. The number of likely N-dealkylation sites (tertiary alicyclic amines) is 1. The molecule has 7 heteroatoms. The van der Waals surface area contributed by atoms with E-state index >= 15 is 0 Å². The minimum Gasteiger partial charge on any atom is -0.337 e. The van der Waals surface area contributed by atoms with Gasteiger partial charge in [0.05, 0.1) is 0 Å². The molecule has 1 saturated heterocycles. The van der Waals surface area contributed by atoms with Gasteiger partial charge in [-0.3, -0.25) is 4.79 Å². The number of aryl methyl sites for hydroxylation is 1. The van der Waals surface area contributed by atoms with Crippen molar-refractivity contribution in [1.82, 2.24) is 24.8 Å². The van der Waals surface area contributed by atoms with E-state index in [0.29, 0.717) is 11.6 Å². The highest BCUT2D eigenvalue weighted by Gasteiger charge is 2.25. The summed E-state index contributed by atoms with van der Waals surface area (Å²) >= 11 is 0. The molecule has 7 nitrogen and oxygen atoms in total. The molecular formula is C21H22N6O. The van der Waals surface area contributed by atoms with Crippen molar-refractivity contribution < 1.29 is 4.79 Å². The molecule has 1 aliphatic rings. The number of carbonyl (C=O) groups is 1. The molecule has 3 aromatic heterocycles. The Morgan fingerprint density at radius 3 is 2.68 bits per heavy atom. The quantitative estimate of drug-likeness (QED) is 0.754. The van der Waals surface area contributed by atoms with Crippen LogP contribution in [-0.4, -0.2) is 43.8 Å². The van der Waals surface area contributed by atoms with Crippen molar-refractivity contribution in [3.8, 4) is 0 Å². The van der Waals surface area contributed by atoms with Gasteiger partial charge >= 0.3 is 0 Å². The van der Waals surface area contributed by atoms with Crippen LogP contribution in [0.25, 0.3) is 0 Å². The van der Waals surface area contributed by atoms with Crippen LogP contribution in [0.5, 0.6) is 0 Å². The number of nitrogens with one attached hydrogen (secondary N) is 1. The van der Waals surface area contributed by atoms with Gasteiger partial charge in [-0.15, -0.1) is 0 Å². The normalized spacial score (nSPS) is 14.7. The highest BCUT2D eigenvalue weighted by molar-refractivity contribution is 5.92. The maximum absolute atomic E-state index is 12.5. The number of hydrogen-bond acceptors (Lipinski definition) is 6. The first kappa shape index (κ1) is 18.0. The number of hydrogen-bond donors (Lipinski definition) is 1. The van der Waals surface area contributed by atoms with Crippen LogP contribution in [-0.2, 0) is 0 Å². The number of piperidine rings is 1. The van der Waals surface area contributed by atoms with Gasteiger partial charge in [-0.2, -0.15) is 0 Å². The lowest BCUT2D eigenvalue weighted by atomic mass is 9.90. The van der Waals surface area contributed by atoms with E-state index in [1.54, 1.807) is 12.3 Å². The van der Waals surface area contributed by atoms with E-state index in [-0.39, 0.29) is 5.91 Å². The Bertz CT molecular complexity index is 954. The van der Waals surface area contributed by atoms with Gasteiger partial charge in [0.2, 0.25) is 0 Å². The predicted octanol–water partition coefficient (Wildman–Crippen LogP) is 3.34. The molecule has 1 amide bonds. The molecule has 0 aromatic carbocycles. The first-order valence-corrected chi connectivity index (χ1v) is 9.41. The van der Waals surface area contributed by atoms with Crippen LogP contribution >= 0.6 is 0 Å². The number of rotatable bonds is 4. The number of amides is 1. The molecule has 0 unspecified atom stereocenters. The van der Waals surface area contributed by atoms with E-state index in [9.17, 15) is 4.79 Å². The molecule has 0 spiro atoms. The zero-order valence-electron chi connectivity index (χ0n) is 15.7. The molecule has 142 valence electrons. The van der Waals surface area contributed by atoms with Crippen LogP contribution in [0.1, 0.15) is 40.5 Å². The number of aromatic nitrogens is 4. The van der Waals surface area contributed by atoms with Gasteiger partial charge in [-0.05, 0) is 61.6 Å². The van der Waals surface area contributed by atoms with Crippen molar-refractivity contribution in [3.63, 3.8) is 0 Å². The number of anilines is 2. The Morgan fingerprint density at radius 2 is 1.93 bits per heavy atom. The van der Waals surface area contributed by atoms with E-state index in [0.717, 1.165) is 43.3 Å². The summed E-state index contributed by atoms with van der Waals surface area (Å²) in [5, 5.41) is 3.27. The van der Waals surface area contributed by atoms with Crippen molar-refractivity contribution >= 4 is 17.5 Å². The third-order valence-electron chi connectivity index (χ3n) is 4.98. The molecule has 28 heavy (non-hydrogen) atoms. The standard InChI is InChI=1S/C21H22N6O/c1-15-3-2-4-19(25-15)26-20-13-17(5-10-23-20)16-7-11-27(12-8-16)21(28)18-6-9-22-14-24-18/h2-6,9-10,13-14,16H,7-8,11-12H2,1H3,(H,23,25,26). The summed E-state index contributed by atoms with van der Waals surface area (Å²) < 4.78 is 0. The van der Waals surface area contributed by atoms with Crippen molar-refractivity contribution in [2.24, 2.45) is 0 Å². The fraction of sp³-hybridized carbons (Fsp3) is 0.286. The average molecular weight is 374 g/mol. The Balaban J connectivity index is 1.40. The monoisotopic (exact) mass is 374 g/mol. The maximum Gasteiger partial charge on any atom is 0.272 e. The summed E-state index contributed by atoms with van der Waals surface area (Å²) in [7, 11) is 0. The smallest absolute Gasteiger partial charge is 0.272 e. The van der Waals surface area contributed by atoms with Gasteiger partial charge in [0.15, 0.2) is 0 Å².